The number of urea groups is 1. The van der Waals surface area contributed by atoms with Gasteiger partial charge in [-0.15, -0.1) is 0 Å². The molecule has 0 aliphatic carbocycles. The van der Waals surface area contributed by atoms with Gasteiger partial charge in [-0.3, -0.25) is 0 Å². The van der Waals surface area contributed by atoms with E-state index < -0.39 is 0 Å². The number of nitrogens with zero attached hydrogens (tertiary/aromatic N) is 3. The number of rotatable bonds is 8. The molecule has 0 saturated carbocycles. The van der Waals surface area contributed by atoms with Gasteiger partial charge in [0.1, 0.15) is 11.6 Å². The van der Waals surface area contributed by atoms with Crippen molar-refractivity contribution >= 4 is 11.7 Å². The van der Waals surface area contributed by atoms with Crippen molar-refractivity contribution in [2.75, 3.05) is 19.0 Å². The molecule has 0 unspecified atom stereocenters. The highest BCUT2D eigenvalue weighted by Gasteiger charge is 2.19. The number of aromatic nitrogens is 2. The molecule has 0 aliphatic heterocycles. The summed E-state index contributed by atoms with van der Waals surface area (Å²) >= 11 is 0. The second kappa shape index (κ2) is 9.78. The van der Waals surface area contributed by atoms with Crippen LogP contribution < -0.4 is 10.1 Å². The zero-order valence-corrected chi connectivity index (χ0v) is 17.2. The molecule has 0 aliphatic rings. The highest BCUT2D eigenvalue weighted by molar-refractivity contribution is 5.90. The largest absolute Gasteiger partial charge is 0.495 e. The van der Waals surface area contributed by atoms with Gasteiger partial charge in [-0.05, 0) is 23.6 Å². The van der Waals surface area contributed by atoms with Crippen molar-refractivity contribution in [2.24, 2.45) is 5.92 Å². The van der Waals surface area contributed by atoms with Crippen LogP contribution in [0.2, 0.25) is 0 Å². The number of para-hydroxylation sites is 2. The average molecular weight is 393 g/mol. The van der Waals surface area contributed by atoms with Crippen molar-refractivity contribution in [3.63, 3.8) is 0 Å². The predicted octanol–water partition coefficient (Wildman–Crippen LogP) is 4.63. The maximum absolute atomic E-state index is 13.0. The number of nitrogens with one attached hydrogen (secondary N) is 1. The molecule has 0 fully saturated rings. The summed E-state index contributed by atoms with van der Waals surface area (Å²) in [5, 5.41) is 2.97. The molecule has 152 valence electrons. The van der Waals surface area contributed by atoms with Crippen molar-refractivity contribution < 1.29 is 9.53 Å². The van der Waals surface area contributed by atoms with Gasteiger partial charge in [0, 0.05) is 25.5 Å². The van der Waals surface area contributed by atoms with Gasteiger partial charge in [0.2, 0.25) is 0 Å². The molecule has 0 saturated heterocycles. The van der Waals surface area contributed by atoms with Crippen LogP contribution in [-0.2, 0) is 13.1 Å². The first-order chi connectivity index (χ1) is 14.1. The van der Waals surface area contributed by atoms with Crippen molar-refractivity contribution in [2.45, 2.75) is 26.9 Å². The molecule has 6 nitrogen and oxygen atoms in total. The number of imidazole rings is 1. The van der Waals surface area contributed by atoms with Gasteiger partial charge in [0.15, 0.2) is 0 Å². The Morgan fingerprint density at radius 2 is 1.86 bits per heavy atom. The smallest absolute Gasteiger partial charge is 0.322 e. The molecule has 2 amide bonds. The molecule has 1 N–H and O–H groups in total. The molecule has 3 aromatic rings. The van der Waals surface area contributed by atoms with Crippen LogP contribution in [0.15, 0.2) is 67.0 Å². The summed E-state index contributed by atoms with van der Waals surface area (Å²) in [5.74, 6) is 1.82. The van der Waals surface area contributed by atoms with E-state index in [1.54, 1.807) is 18.2 Å². The monoisotopic (exact) mass is 392 g/mol. The Balaban J connectivity index is 1.76. The fourth-order valence-electron chi connectivity index (χ4n) is 3.19. The number of ether oxygens (including phenoxy) is 1. The second-order valence-electron chi connectivity index (χ2n) is 7.36. The Morgan fingerprint density at radius 3 is 2.59 bits per heavy atom. The molecular formula is C23H28N4O2. The van der Waals surface area contributed by atoms with Crippen LogP contribution in [0.25, 0.3) is 0 Å². The zero-order valence-electron chi connectivity index (χ0n) is 17.2. The molecule has 1 aromatic heterocycles. The van der Waals surface area contributed by atoms with Gasteiger partial charge in [-0.25, -0.2) is 9.78 Å². The van der Waals surface area contributed by atoms with Crippen LogP contribution in [0.5, 0.6) is 5.75 Å². The number of carbonyl (C=O) groups excluding carboxylic acids is 1. The van der Waals surface area contributed by atoms with E-state index in [0.717, 1.165) is 12.4 Å². The third-order valence-corrected chi connectivity index (χ3v) is 4.55. The molecule has 0 bridgehead atoms. The standard InChI is InChI=1S/C23H28N4O2/c1-18(2)15-27(23(28)25-20-11-7-8-12-21(20)29-3)17-22-24-13-14-26(22)16-19-9-5-4-6-10-19/h4-14,18H,15-17H2,1-3H3,(H,25,28). The Morgan fingerprint density at radius 1 is 1.14 bits per heavy atom. The summed E-state index contributed by atoms with van der Waals surface area (Å²) in [6.07, 6.45) is 3.73. The fourth-order valence-corrected chi connectivity index (χ4v) is 3.19. The summed E-state index contributed by atoms with van der Waals surface area (Å²) in [6, 6.07) is 17.5. The third-order valence-electron chi connectivity index (χ3n) is 4.55. The maximum Gasteiger partial charge on any atom is 0.322 e. The van der Waals surface area contributed by atoms with E-state index in [9.17, 15) is 4.79 Å². The molecular weight excluding hydrogens is 364 g/mol. The second-order valence-corrected chi connectivity index (χ2v) is 7.36. The van der Waals surface area contributed by atoms with E-state index in [-0.39, 0.29) is 6.03 Å². The Hall–Kier alpha value is -3.28. The quantitative estimate of drug-likeness (QED) is 0.608. The van der Waals surface area contributed by atoms with Crippen molar-refractivity contribution in [3.05, 3.63) is 78.4 Å². The maximum atomic E-state index is 13.0. The first-order valence-corrected chi connectivity index (χ1v) is 9.79. The van der Waals surface area contributed by atoms with E-state index in [1.165, 1.54) is 5.56 Å². The van der Waals surface area contributed by atoms with E-state index in [4.69, 9.17) is 4.74 Å². The van der Waals surface area contributed by atoms with Crippen molar-refractivity contribution in [1.29, 1.82) is 0 Å². The first-order valence-electron chi connectivity index (χ1n) is 9.79. The van der Waals surface area contributed by atoms with E-state index >= 15 is 0 Å². The minimum atomic E-state index is -0.169. The van der Waals surface area contributed by atoms with Gasteiger partial charge >= 0.3 is 6.03 Å². The number of benzene rings is 2. The summed E-state index contributed by atoms with van der Waals surface area (Å²) in [6.45, 7) is 5.97. The lowest BCUT2D eigenvalue weighted by molar-refractivity contribution is 0.199. The lowest BCUT2D eigenvalue weighted by atomic mass is 10.2. The van der Waals surface area contributed by atoms with Gasteiger partial charge < -0.3 is 19.5 Å². The van der Waals surface area contributed by atoms with Crippen LogP contribution in [0.3, 0.4) is 0 Å². The highest BCUT2D eigenvalue weighted by Crippen LogP contribution is 2.23. The molecule has 2 aromatic carbocycles. The van der Waals surface area contributed by atoms with E-state index in [1.807, 2.05) is 48.7 Å². The normalized spacial score (nSPS) is 10.8. The summed E-state index contributed by atoms with van der Waals surface area (Å²) < 4.78 is 7.43. The Bertz CT molecular complexity index is 921. The SMILES string of the molecule is COc1ccccc1NC(=O)N(Cc1nccn1Cc1ccccc1)CC(C)C. The minimum Gasteiger partial charge on any atom is -0.495 e. The predicted molar refractivity (Wildman–Crippen MR) is 115 cm³/mol. The van der Waals surface area contributed by atoms with Gasteiger partial charge in [-0.2, -0.15) is 0 Å². The van der Waals surface area contributed by atoms with E-state index in [2.05, 4.69) is 40.8 Å². The zero-order chi connectivity index (χ0) is 20.6. The fraction of sp³-hybridized carbons (Fsp3) is 0.304. The lowest BCUT2D eigenvalue weighted by Crippen LogP contribution is -2.38. The van der Waals surface area contributed by atoms with E-state index in [0.29, 0.717) is 30.4 Å². The number of hydrogen-bond acceptors (Lipinski definition) is 3. The number of hydrogen-bond donors (Lipinski definition) is 1. The third kappa shape index (κ3) is 5.60. The van der Waals surface area contributed by atoms with Crippen molar-refractivity contribution in [1.82, 2.24) is 14.5 Å². The topological polar surface area (TPSA) is 59.4 Å². The van der Waals surface area contributed by atoms with Gasteiger partial charge in [0.05, 0.1) is 19.3 Å². The average Bonchev–Trinajstić information content (AvgIpc) is 3.15. The molecule has 1 heterocycles. The summed E-state index contributed by atoms with van der Waals surface area (Å²) in [5.41, 5.74) is 1.85. The summed E-state index contributed by atoms with van der Waals surface area (Å²) in [7, 11) is 1.59. The number of methoxy groups -OCH3 is 1. The summed E-state index contributed by atoms with van der Waals surface area (Å²) in [4.78, 5) is 19.3. The minimum absolute atomic E-state index is 0.169. The van der Waals surface area contributed by atoms with Crippen LogP contribution >= 0.6 is 0 Å². The van der Waals surface area contributed by atoms with Crippen LogP contribution in [0, 0.1) is 5.92 Å². The number of carbonyl (C=O) groups is 1. The van der Waals surface area contributed by atoms with Crippen LogP contribution in [0.4, 0.5) is 10.5 Å². The number of amides is 2. The van der Waals surface area contributed by atoms with Crippen LogP contribution in [0.1, 0.15) is 25.2 Å². The number of anilines is 1. The molecule has 6 heteroatoms. The Kier molecular flexibility index (Phi) is 6.89. The molecule has 0 radical (unpaired) electrons. The van der Waals surface area contributed by atoms with Crippen molar-refractivity contribution in [3.8, 4) is 5.75 Å². The Labute approximate surface area is 172 Å². The first kappa shape index (κ1) is 20.5. The van der Waals surface area contributed by atoms with Crippen LogP contribution in [-0.4, -0.2) is 34.1 Å². The molecule has 29 heavy (non-hydrogen) atoms. The van der Waals surface area contributed by atoms with Gasteiger partial charge in [0.25, 0.3) is 0 Å². The molecule has 0 atom stereocenters. The lowest BCUT2D eigenvalue weighted by Gasteiger charge is -2.25. The highest BCUT2D eigenvalue weighted by atomic mass is 16.5. The molecule has 3 rings (SSSR count). The van der Waals surface area contributed by atoms with Gasteiger partial charge in [-0.1, -0.05) is 56.3 Å². The molecule has 0 spiro atoms.